The molecule has 0 saturated carbocycles. The average molecular weight is 383 g/mol. The van der Waals surface area contributed by atoms with Crippen molar-refractivity contribution in [1.82, 2.24) is 18.9 Å². The number of pyridine rings is 2. The van der Waals surface area contributed by atoms with Crippen LogP contribution in [0.15, 0.2) is 76.8 Å². The second kappa shape index (κ2) is 7.09. The topological polar surface area (TPSA) is 85.6 Å². The van der Waals surface area contributed by atoms with Gasteiger partial charge in [-0.15, -0.1) is 0 Å². The molecule has 0 N–H and O–H groups in total. The van der Waals surface area contributed by atoms with Crippen molar-refractivity contribution in [2.75, 3.05) is 0 Å². The van der Waals surface area contributed by atoms with E-state index in [1.807, 2.05) is 18.3 Å². The number of aryl methyl sites for hydroxylation is 2. The van der Waals surface area contributed by atoms with E-state index in [1.165, 1.54) is 15.2 Å². The summed E-state index contributed by atoms with van der Waals surface area (Å²) in [4.78, 5) is 24.1. The van der Waals surface area contributed by atoms with Crippen LogP contribution in [0.1, 0.15) is 5.56 Å². The highest BCUT2D eigenvalue weighted by atomic mass is 16.1. The third kappa shape index (κ3) is 3.28. The molecular weight excluding hydrogens is 366 g/mol. The molecular formula is C22H17N5O2. The monoisotopic (exact) mass is 383 g/mol. The van der Waals surface area contributed by atoms with Gasteiger partial charge < -0.3 is 9.13 Å². The molecule has 0 saturated heterocycles. The Balaban J connectivity index is 1.90. The molecule has 0 aliphatic heterocycles. The lowest BCUT2D eigenvalue weighted by Gasteiger charge is -2.11. The highest BCUT2D eigenvalue weighted by Gasteiger charge is 2.14. The summed E-state index contributed by atoms with van der Waals surface area (Å²) in [7, 11) is 3.36. The minimum atomic E-state index is -0.153. The Hall–Kier alpha value is -4.18. The standard InChI is InChI=1S/C22H17N5O2/c1-25-12-16(7-8-21(25)28)18-9-22(29)26(2)14-19(18)17-11-24-27(13-17)20-6-4-3-5-15(20)10-23/h3-9,11-14H,1-2H3. The van der Waals surface area contributed by atoms with Gasteiger partial charge in [-0.3, -0.25) is 9.59 Å². The van der Waals surface area contributed by atoms with Crippen molar-refractivity contribution < 1.29 is 0 Å². The van der Waals surface area contributed by atoms with Gasteiger partial charge in [0.1, 0.15) is 6.07 Å². The lowest BCUT2D eigenvalue weighted by atomic mass is 9.99. The maximum Gasteiger partial charge on any atom is 0.250 e. The van der Waals surface area contributed by atoms with Crippen LogP contribution in [-0.4, -0.2) is 18.9 Å². The molecule has 0 radical (unpaired) electrons. The summed E-state index contributed by atoms with van der Waals surface area (Å²) in [5, 5.41) is 13.8. The van der Waals surface area contributed by atoms with Gasteiger partial charge in [-0.1, -0.05) is 12.1 Å². The van der Waals surface area contributed by atoms with Crippen LogP contribution in [0.3, 0.4) is 0 Å². The summed E-state index contributed by atoms with van der Waals surface area (Å²) in [6.45, 7) is 0. The van der Waals surface area contributed by atoms with E-state index in [0.29, 0.717) is 16.8 Å². The van der Waals surface area contributed by atoms with E-state index in [4.69, 9.17) is 0 Å². The predicted octanol–water partition coefficient (Wildman–Crippen LogP) is 2.48. The number of para-hydroxylation sites is 1. The van der Waals surface area contributed by atoms with Gasteiger partial charge in [0.15, 0.2) is 0 Å². The van der Waals surface area contributed by atoms with E-state index in [0.717, 1.165) is 16.7 Å². The second-order valence-corrected chi connectivity index (χ2v) is 6.72. The van der Waals surface area contributed by atoms with Crippen LogP contribution in [0.2, 0.25) is 0 Å². The van der Waals surface area contributed by atoms with Gasteiger partial charge in [0.05, 0.1) is 17.4 Å². The maximum atomic E-state index is 12.3. The molecule has 29 heavy (non-hydrogen) atoms. The first kappa shape index (κ1) is 18.2. The number of nitrogens with zero attached hydrogens (tertiary/aromatic N) is 5. The molecule has 0 bridgehead atoms. The van der Waals surface area contributed by atoms with Crippen LogP contribution in [-0.2, 0) is 14.1 Å². The Bertz CT molecular complexity index is 1390. The van der Waals surface area contributed by atoms with Crippen molar-refractivity contribution in [3.63, 3.8) is 0 Å². The number of rotatable bonds is 3. The molecule has 0 unspecified atom stereocenters. The number of aromatic nitrogens is 4. The van der Waals surface area contributed by atoms with Gasteiger partial charge in [0.25, 0.3) is 5.56 Å². The zero-order chi connectivity index (χ0) is 20.5. The third-order valence-electron chi connectivity index (χ3n) is 4.79. The molecule has 4 aromatic rings. The highest BCUT2D eigenvalue weighted by molar-refractivity contribution is 5.82. The minimum Gasteiger partial charge on any atom is -0.318 e. The Labute approximate surface area is 166 Å². The van der Waals surface area contributed by atoms with Gasteiger partial charge >= 0.3 is 0 Å². The van der Waals surface area contributed by atoms with Crippen LogP contribution in [0, 0.1) is 11.3 Å². The molecule has 3 aromatic heterocycles. The van der Waals surface area contributed by atoms with Crippen molar-refractivity contribution in [2.45, 2.75) is 0 Å². The normalized spacial score (nSPS) is 10.7. The van der Waals surface area contributed by atoms with Crippen molar-refractivity contribution in [1.29, 1.82) is 5.26 Å². The van der Waals surface area contributed by atoms with E-state index in [2.05, 4.69) is 11.2 Å². The molecule has 0 spiro atoms. The Kier molecular flexibility index (Phi) is 4.45. The molecule has 0 amide bonds. The lowest BCUT2D eigenvalue weighted by Crippen LogP contribution is -2.17. The molecule has 0 aliphatic rings. The van der Waals surface area contributed by atoms with Gasteiger partial charge in [0.2, 0.25) is 5.56 Å². The molecule has 7 heteroatoms. The maximum absolute atomic E-state index is 12.3. The zero-order valence-electron chi connectivity index (χ0n) is 15.9. The van der Waals surface area contributed by atoms with Crippen molar-refractivity contribution in [3.8, 4) is 34.0 Å². The number of hydrogen-bond acceptors (Lipinski definition) is 4. The van der Waals surface area contributed by atoms with E-state index in [-0.39, 0.29) is 11.1 Å². The Morgan fingerprint density at radius 1 is 0.862 bits per heavy atom. The number of nitriles is 1. The molecule has 0 fully saturated rings. The molecule has 3 heterocycles. The first-order chi connectivity index (χ1) is 14.0. The molecule has 0 atom stereocenters. The summed E-state index contributed by atoms with van der Waals surface area (Å²) < 4.78 is 4.62. The molecule has 142 valence electrons. The first-order valence-electron chi connectivity index (χ1n) is 8.90. The Morgan fingerprint density at radius 3 is 2.38 bits per heavy atom. The van der Waals surface area contributed by atoms with Crippen molar-refractivity contribution >= 4 is 0 Å². The summed E-state index contributed by atoms with van der Waals surface area (Å²) in [6.07, 6.45) is 6.97. The smallest absolute Gasteiger partial charge is 0.250 e. The number of benzene rings is 1. The molecule has 7 nitrogen and oxygen atoms in total. The third-order valence-corrected chi connectivity index (χ3v) is 4.79. The second-order valence-electron chi connectivity index (χ2n) is 6.72. The summed E-state index contributed by atoms with van der Waals surface area (Å²) >= 11 is 0. The van der Waals surface area contributed by atoms with Gasteiger partial charge in [0, 0.05) is 55.9 Å². The lowest BCUT2D eigenvalue weighted by molar-refractivity contribution is 0.856. The van der Waals surface area contributed by atoms with Crippen LogP contribution >= 0.6 is 0 Å². The quantitative estimate of drug-likeness (QED) is 0.544. The van der Waals surface area contributed by atoms with E-state index >= 15 is 0 Å². The SMILES string of the molecule is Cn1cc(-c2cc(=O)n(C)cc2-c2cnn(-c3ccccc3C#N)c2)ccc1=O. The van der Waals surface area contributed by atoms with Crippen LogP contribution in [0.5, 0.6) is 0 Å². The number of hydrogen-bond donors (Lipinski definition) is 0. The molecule has 4 rings (SSSR count). The van der Waals surface area contributed by atoms with Crippen LogP contribution in [0.25, 0.3) is 27.9 Å². The summed E-state index contributed by atoms with van der Waals surface area (Å²) in [5.74, 6) is 0. The largest absolute Gasteiger partial charge is 0.318 e. The summed E-state index contributed by atoms with van der Waals surface area (Å²) in [6, 6.07) is 14.1. The zero-order valence-corrected chi connectivity index (χ0v) is 15.9. The molecule has 0 aliphatic carbocycles. The fourth-order valence-corrected chi connectivity index (χ4v) is 3.21. The van der Waals surface area contributed by atoms with E-state index < -0.39 is 0 Å². The predicted molar refractivity (Wildman–Crippen MR) is 110 cm³/mol. The van der Waals surface area contributed by atoms with Gasteiger partial charge in [-0.25, -0.2) is 4.68 Å². The minimum absolute atomic E-state index is 0.125. The van der Waals surface area contributed by atoms with Crippen molar-refractivity contribution in [2.24, 2.45) is 14.1 Å². The van der Waals surface area contributed by atoms with E-state index in [1.54, 1.807) is 61.6 Å². The van der Waals surface area contributed by atoms with Gasteiger partial charge in [-0.2, -0.15) is 10.4 Å². The summed E-state index contributed by atoms with van der Waals surface area (Å²) in [5.41, 5.74) is 3.96. The fourth-order valence-electron chi connectivity index (χ4n) is 3.21. The van der Waals surface area contributed by atoms with Crippen LogP contribution < -0.4 is 11.1 Å². The Morgan fingerprint density at radius 2 is 1.62 bits per heavy atom. The average Bonchev–Trinajstić information content (AvgIpc) is 3.21. The van der Waals surface area contributed by atoms with Crippen LogP contribution in [0.4, 0.5) is 0 Å². The van der Waals surface area contributed by atoms with Crippen molar-refractivity contribution in [3.05, 3.63) is 93.5 Å². The molecule has 1 aromatic carbocycles. The van der Waals surface area contributed by atoms with Gasteiger partial charge in [-0.05, 0) is 29.3 Å². The van der Waals surface area contributed by atoms with E-state index in [9.17, 15) is 14.9 Å². The first-order valence-corrected chi connectivity index (χ1v) is 8.90. The highest BCUT2D eigenvalue weighted by Crippen LogP contribution is 2.30. The fraction of sp³-hybridized carbons (Fsp3) is 0.0909.